The molecule has 1 aliphatic heterocycles. The Labute approximate surface area is 150 Å². The number of allylic oxidation sites excluding steroid dienone is 1. The molecule has 25 heavy (non-hydrogen) atoms. The van der Waals surface area contributed by atoms with E-state index in [4.69, 9.17) is 9.47 Å². The molecule has 0 amide bonds. The van der Waals surface area contributed by atoms with Crippen LogP contribution in [0.3, 0.4) is 0 Å². The van der Waals surface area contributed by atoms with Crippen LogP contribution >= 0.6 is 11.3 Å². The number of rotatable bonds is 4. The van der Waals surface area contributed by atoms with E-state index >= 15 is 0 Å². The number of hydrogen-bond donors (Lipinski definition) is 0. The zero-order chi connectivity index (χ0) is 17.2. The van der Waals surface area contributed by atoms with E-state index in [1.54, 1.807) is 29.5 Å². The Morgan fingerprint density at radius 2 is 1.96 bits per heavy atom. The Morgan fingerprint density at radius 3 is 2.72 bits per heavy atom. The number of benzene rings is 2. The predicted octanol–water partition coefficient (Wildman–Crippen LogP) is 5.25. The number of ketones is 1. The van der Waals surface area contributed by atoms with Crippen LogP contribution in [0.5, 0.6) is 11.5 Å². The minimum Gasteiger partial charge on any atom is -0.489 e. The highest BCUT2D eigenvalue weighted by molar-refractivity contribution is 7.10. The van der Waals surface area contributed by atoms with Crippen LogP contribution in [-0.4, -0.2) is 5.78 Å². The first kappa shape index (κ1) is 15.7. The molecular formula is C21H16O3S. The van der Waals surface area contributed by atoms with E-state index in [0.29, 0.717) is 29.4 Å². The minimum atomic E-state index is -0.0894. The second kappa shape index (κ2) is 6.57. The summed E-state index contributed by atoms with van der Waals surface area (Å²) in [5, 5.41) is 1.97. The molecule has 2 aromatic carbocycles. The summed E-state index contributed by atoms with van der Waals surface area (Å²) in [6.07, 6.45) is 1.78. The zero-order valence-corrected chi connectivity index (χ0v) is 14.5. The maximum absolute atomic E-state index is 12.4. The van der Waals surface area contributed by atoms with Gasteiger partial charge in [0.25, 0.3) is 0 Å². The van der Waals surface area contributed by atoms with Gasteiger partial charge < -0.3 is 9.47 Å². The zero-order valence-electron chi connectivity index (χ0n) is 13.7. The van der Waals surface area contributed by atoms with E-state index in [1.807, 2.05) is 35.7 Å². The van der Waals surface area contributed by atoms with Crippen molar-refractivity contribution in [2.45, 2.75) is 13.5 Å². The first-order valence-corrected chi connectivity index (χ1v) is 8.87. The number of carbonyl (C=O) groups is 1. The fraction of sp³-hybridized carbons (Fsp3) is 0.0952. The molecule has 0 bridgehead atoms. The predicted molar refractivity (Wildman–Crippen MR) is 99.2 cm³/mol. The van der Waals surface area contributed by atoms with Crippen molar-refractivity contribution >= 4 is 23.2 Å². The van der Waals surface area contributed by atoms with Gasteiger partial charge >= 0.3 is 0 Å². The van der Waals surface area contributed by atoms with Gasteiger partial charge in [-0.05, 0) is 36.1 Å². The van der Waals surface area contributed by atoms with E-state index in [2.05, 4.69) is 19.1 Å². The van der Waals surface area contributed by atoms with Gasteiger partial charge in [0.05, 0.1) is 5.56 Å². The van der Waals surface area contributed by atoms with E-state index in [9.17, 15) is 4.79 Å². The maximum atomic E-state index is 12.4. The van der Waals surface area contributed by atoms with Crippen molar-refractivity contribution in [3.8, 4) is 11.5 Å². The molecule has 1 aromatic heterocycles. The molecule has 0 fully saturated rings. The summed E-state index contributed by atoms with van der Waals surface area (Å²) in [6.45, 7) is 2.53. The van der Waals surface area contributed by atoms with Gasteiger partial charge in [-0.3, -0.25) is 4.79 Å². The van der Waals surface area contributed by atoms with Crippen molar-refractivity contribution in [3.05, 3.63) is 87.3 Å². The summed E-state index contributed by atoms with van der Waals surface area (Å²) < 4.78 is 11.6. The Balaban J connectivity index is 1.50. The second-order valence-corrected chi connectivity index (χ2v) is 6.87. The van der Waals surface area contributed by atoms with Crippen LogP contribution in [-0.2, 0) is 6.61 Å². The molecule has 2 heterocycles. The number of hydrogen-bond acceptors (Lipinski definition) is 4. The van der Waals surface area contributed by atoms with Crippen LogP contribution in [0.4, 0.5) is 0 Å². The highest BCUT2D eigenvalue weighted by Crippen LogP contribution is 2.35. The van der Waals surface area contributed by atoms with Crippen LogP contribution in [0, 0.1) is 6.92 Å². The number of Topliss-reactive ketones (excluding diaryl/α,β-unsaturated/α-hetero) is 1. The second-order valence-electron chi connectivity index (χ2n) is 5.89. The van der Waals surface area contributed by atoms with Crippen LogP contribution in [0.2, 0.25) is 0 Å². The molecule has 0 atom stereocenters. The van der Waals surface area contributed by atoms with Gasteiger partial charge in [0.15, 0.2) is 5.76 Å². The number of carbonyl (C=O) groups excluding carboxylic acids is 1. The average Bonchev–Trinajstić information content (AvgIpc) is 3.23. The van der Waals surface area contributed by atoms with Gasteiger partial charge in [0, 0.05) is 17.0 Å². The van der Waals surface area contributed by atoms with Crippen LogP contribution in [0.15, 0.2) is 65.7 Å². The van der Waals surface area contributed by atoms with E-state index < -0.39 is 0 Å². The first-order chi connectivity index (χ1) is 12.2. The lowest BCUT2D eigenvalue weighted by molar-refractivity contribution is 0.101. The Bertz CT molecular complexity index is 938. The third-order valence-electron chi connectivity index (χ3n) is 3.98. The molecule has 0 N–H and O–H groups in total. The third-order valence-corrected chi connectivity index (χ3v) is 4.80. The van der Waals surface area contributed by atoms with Gasteiger partial charge in [-0.2, -0.15) is 0 Å². The SMILES string of the molecule is Cc1ccc(COc2ccc3c(c2)OC(=Cc2cccs2)C3=O)cc1. The quantitative estimate of drug-likeness (QED) is 0.604. The maximum Gasteiger partial charge on any atom is 0.232 e. The van der Waals surface area contributed by atoms with Gasteiger partial charge in [-0.25, -0.2) is 0 Å². The third kappa shape index (κ3) is 3.35. The molecule has 0 radical (unpaired) electrons. The number of fused-ring (bicyclic) bond motifs is 1. The number of aryl methyl sites for hydroxylation is 1. The summed E-state index contributed by atoms with van der Waals surface area (Å²) in [5.41, 5.74) is 2.89. The van der Waals surface area contributed by atoms with Gasteiger partial charge in [-0.1, -0.05) is 35.9 Å². The lowest BCUT2D eigenvalue weighted by Gasteiger charge is -2.07. The lowest BCUT2D eigenvalue weighted by Crippen LogP contribution is -1.97. The van der Waals surface area contributed by atoms with Crippen molar-refractivity contribution < 1.29 is 14.3 Å². The lowest BCUT2D eigenvalue weighted by atomic mass is 10.1. The summed E-state index contributed by atoms with van der Waals surface area (Å²) >= 11 is 1.57. The van der Waals surface area contributed by atoms with E-state index in [-0.39, 0.29) is 5.78 Å². The summed E-state index contributed by atoms with van der Waals surface area (Å²) in [4.78, 5) is 13.4. The van der Waals surface area contributed by atoms with Gasteiger partial charge in [0.1, 0.15) is 18.1 Å². The highest BCUT2D eigenvalue weighted by Gasteiger charge is 2.27. The minimum absolute atomic E-state index is 0.0894. The first-order valence-electron chi connectivity index (χ1n) is 7.99. The summed E-state index contributed by atoms with van der Waals surface area (Å²) in [7, 11) is 0. The number of thiophene rings is 1. The molecule has 0 saturated carbocycles. The summed E-state index contributed by atoms with van der Waals surface area (Å²) in [5.74, 6) is 1.50. The molecule has 0 unspecified atom stereocenters. The van der Waals surface area contributed by atoms with Gasteiger partial charge in [-0.15, -0.1) is 11.3 Å². The largest absolute Gasteiger partial charge is 0.489 e. The van der Waals surface area contributed by atoms with Crippen LogP contribution < -0.4 is 9.47 Å². The molecule has 3 nitrogen and oxygen atoms in total. The Morgan fingerprint density at radius 1 is 1.12 bits per heavy atom. The average molecular weight is 348 g/mol. The van der Waals surface area contributed by atoms with Crippen molar-refractivity contribution in [3.63, 3.8) is 0 Å². The highest BCUT2D eigenvalue weighted by atomic mass is 32.1. The standard InChI is InChI=1S/C21H16O3S/c1-14-4-6-15(7-5-14)13-23-16-8-9-18-19(11-16)24-20(21(18)22)12-17-3-2-10-25-17/h2-12H,13H2,1H3. The molecule has 4 heteroatoms. The molecule has 0 saturated heterocycles. The fourth-order valence-corrected chi connectivity index (χ4v) is 3.26. The van der Waals surface area contributed by atoms with Crippen molar-refractivity contribution in [2.24, 2.45) is 0 Å². The van der Waals surface area contributed by atoms with Crippen LogP contribution in [0.25, 0.3) is 6.08 Å². The molecule has 0 spiro atoms. The fourth-order valence-electron chi connectivity index (χ4n) is 2.61. The molecule has 124 valence electrons. The van der Waals surface area contributed by atoms with Crippen molar-refractivity contribution in [1.29, 1.82) is 0 Å². The molecule has 0 aliphatic carbocycles. The van der Waals surface area contributed by atoms with Gasteiger partial charge in [0.2, 0.25) is 5.78 Å². The Hall–Kier alpha value is -2.85. The molecular weight excluding hydrogens is 332 g/mol. The molecule has 1 aliphatic rings. The van der Waals surface area contributed by atoms with Crippen molar-refractivity contribution in [1.82, 2.24) is 0 Å². The van der Waals surface area contributed by atoms with E-state index in [0.717, 1.165) is 10.4 Å². The Kier molecular flexibility index (Phi) is 4.12. The number of ether oxygens (including phenoxy) is 2. The topological polar surface area (TPSA) is 35.5 Å². The molecule has 4 rings (SSSR count). The monoisotopic (exact) mass is 348 g/mol. The normalized spacial score (nSPS) is 14.4. The smallest absolute Gasteiger partial charge is 0.232 e. The summed E-state index contributed by atoms with van der Waals surface area (Å²) in [6, 6.07) is 17.5. The van der Waals surface area contributed by atoms with Crippen molar-refractivity contribution in [2.75, 3.05) is 0 Å². The molecule has 3 aromatic rings. The van der Waals surface area contributed by atoms with E-state index in [1.165, 1.54) is 5.56 Å². The van der Waals surface area contributed by atoms with Crippen LogP contribution in [0.1, 0.15) is 26.4 Å².